The second kappa shape index (κ2) is 11.2. The van der Waals surface area contributed by atoms with Gasteiger partial charge in [0, 0.05) is 23.8 Å². The Morgan fingerprint density at radius 1 is 0.957 bits per heavy atom. The molecule has 0 heterocycles. The molecule has 0 saturated carbocycles. The van der Waals surface area contributed by atoms with Gasteiger partial charge >= 0.3 is 11.9 Å². The molecule has 0 unspecified atom stereocenters. The monoisotopic (exact) mass is 364 g/mol. The van der Waals surface area contributed by atoms with E-state index in [-0.39, 0.29) is 23.3 Å². The van der Waals surface area contributed by atoms with Gasteiger partial charge < -0.3 is 9.47 Å². The molecule has 0 radical (unpaired) electrons. The number of esters is 2. The Morgan fingerprint density at radius 2 is 1.61 bits per heavy atom. The summed E-state index contributed by atoms with van der Waals surface area (Å²) in [6.45, 7) is 13.4. The standard InChI is InChI=1S/C17H32O4S2/c1-14(18)20-11-7-8-15(19)21-12-13-22-23-17(5,6)10-9-16(2,3)4/h7-13H2,1-6H3. The molecule has 0 aliphatic rings. The van der Waals surface area contributed by atoms with Crippen LogP contribution in [0.4, 0.5) is 0 Å². The molecule has 23 heavy (non-hydrogen) atoms. The van der Waals surface area contributed by atoms with Gasteiger partial charge in [0.05, 0.1) is 6.61 Å². The Morgan fingerprint density at radius 3 is 2.17 bits per heavy atom. The van der Waals surface area contributed by atoms with Crippen molar-refractivity contribution in [2.75, 3.05) is 19.0 Å². The van der Waals surface area contributed by atoms with E-state index in [1.807, 2.05) is 10.8 Å². The predicted octanol–water partition coefficient (Wildman–Crippen LogP) is 4.86. The molecular weight excluding hydrogens is 332 g/mol. The van der Waals surface area contributed by atoms with Gasteiger partial charge in [0.2, 0.25) is 0 Å². The Balaban J connectivity index is 3.63. The molecule has 0 N–H and O–H groups in total. The van der Waals surface area contributed by atoms with E-state index in [9.17, 15) is 9.59 Å². The highest BCUT2D eigenvalue weighted by molar-refractivity contribution is 8.77. The molecule has 0 fully saturated rings. The number of carbonyl (C=O) groups is 2. The first kappa shape index (κ1) is 22.6. The van der Waals surface area contributed by atoms with E-state index in [1.165, 1.54) is 19.8 Å². The van der Waals surface area contributed by atoms with Gasteiger partial charge in [-0.05, 0) is 38.5 Å². The minimum Gasteiger partial charge on any atom is -0.466 e. The average Bonchev–Trinajstić information content (AvgIpc) is 2.40. The Labute approximate surface area is 149 Å². The van der Waals surface area contributed by atoms with Crippen LogP contribution in [-0.2, 0) is 19.1 Å². The summed E-state index contributed by atoms with van der Waals surface area (Å²) in [5, 5.41) is 0. The van der Waals surface area contributed by atoms with Gasteiger partial charge in [-0.2, -0.15) is 0 Å². The molecule has 0 aromatic rings. The van der Waals surface area contributed by atoms with Crippen LogP contribution < -0.4 is 0 Å². The van der Waals surface area contributed by atoms with Gasteiger partial charge in [-0.3, -0.25) is 9.59 Å². The average molecular weight is 365 g/mol. The third kappa shape index (κ3) is 16.3. The van der Waals surface area contributed by atoms with E-state index in [1.54, 1.807) is 10.8 Å². The van der Waals surface area contributed by atoms with E-state index in [0.29, 0.717) is 24.9 Å². The van der Waals surface area contributed by atoms with Gasteiger partial charge in [0.1, 0.15) is 6.61 Å². The van der Waals surface area contributed by atoms with Crippen LogP contribution in [0.5, 0.6) is 0 Å². The highest BCUT2D eigenvalue weighted by Crippen LogP contribution is 2.40. The Bertz CT molecular complexity index is 362. The van der Waals surface area contributed by atoms with Crippen LogP contribution in [0.3, 0.4) is 0 Å². The highest BCUT2D eigenvalue weighted by Gasteiger charge is 2.22. The van der Waals surface area contributed by atoms with Crippen molar-refractivity contribution in [2.45, 2.75) is 72.0 Å². The van der Waals surface area contributed by atoms with Gasteiger partial charge in [0.15, 0.2) is 0 Å². The predicted molar refractivity (Wildman–Crippen MR) is 99.6 cm³/mol. The number of hydrogen-bond acceptors (Lipinski definition) is 6. The minimum atomic E-state index is -0.319. The van der Waals surface area contributed by atoms with Crippen molar-refractivity contribution in [2.24, 2.45) is 5.41 Å². The second-order valence-electron chi connectivity index (χ2n) is 7.39. The van der Waals surface area contributed by atoms with Crippen molar-refractivity contribution in [1.82, 2.24) is 0 Å². The number of rotatable bonds is 11. The van der Waals surface area contributed by atoms with Crippen molar-refractivity contribution in [3.8, 4) is 0 Å². The third-order valence-electron chi connectivity index (χ3n) is 3.02. The van der Waals surface area contributed by atoms with Crippen LogP contribution in [0.2, 0.25) is 0 Å². The van der Waals surface area contributed by atoms with E-state index in [2.05, 4.69) is 34.6 Å². The van der Waals surface area contributed by atoms with Crippen molar-refractivity contribution in [3.63, 3.8) is 0 Å². The fourth-order valence-corrected chi connectivity index (χ4v) is 4.01. The van der Waals surface area contributed by atoms with Crippen molar-refractivity contribution in [1.29, 1.82) is 0 Å². The summed E-state index contributed by atoms with van der Waals surface area (Å²) in [6.07, 6.45) is 3.18. The van der Waals surface area contributed by atoms with Crippen molar-refractivity contribution >= 4 is 33.5 Å². The topological polar surface area (TPSA) is 52.6 Å². The molecule has 0 aliphatic heterocycles. The molecule has 4 nitrogen and oxygen atoms in total. The van der Waals surface area contributed by atoms with Crippen molar-refractivity contribution < 1.29 is 19.1 Å². The molecule has 6 heteroatoms. The zero-order valence-electron chi connectivity index (χ0n) is 15.4. The SMILES string of the molecule is CC(=O)OCCCC(=O)OCCSSC(C)(C)CCC(C)(C)C. The van der Waals surface area contributed by atoms with Gasteiger partial charge in [-0.15, -0.1) is 0 Å². The number of ether oxygens (including phenoxy) is 2. The van der Waals surface area contributed by atoms with Gasteiger partial charge in [-0.25, -0.2) is 0 Å². The molecule has 0 rings (SSSR count). The lowest BCUT2D eigenvalue weighted by Gasteiger charge is -2.27. The van der Waals surface area contributed by atoms with E-state index in [4.69, 9.17) is 9.47 Å². The zero-order valence-corrected chi connectivity index (χ0v) is 17.0. The van der Waals surface area contributed by atoms with Crippen LogP contribution in [0, 0.1) is 5.41 Å². The summed E-state index contributed by atoms with van der Waals surface area (Å²) >= 11 is 0. The van der Waals surface area contributed by atoms with E-state index in [0.717, 1.165) is 5.75 Å². The molecule has 0 saturated heterocycles. The summed E-state index contributed by atoms with van der Waals surface area (Å²) in [5.41, 5.74) is 0.365. The summed E-state index contributed by atoms with van der Waals surface area (Å²) in [4.78, 5) is 22.1. The first-order chi connectivity index (χ1) is 10.5. The van der Waals surface area contributed by atoms with Crippen molar-refractivity contribution in [3.05, 3.63) is 0 Å². The normalized spacial score (nSPS) is 12.1. The molecule has 0 bridgehead atoms. The van der Waals surface area contributed by atoms with Crippen LogP contribution in [0.15, 0.2) is 0 Å². The van der Waals surface area contributed by atoms with Crippen LogP contribution in [0.1, 0.15) is 67.2 Å². The lowest BCUT2D eigenvalue weighted by Crippen LogP contribution is -2.18. The largest absolute Gasteiger partial charge is 0.466 e. The van der Waals surface area contributed by atoms with E-state index >= 15 is 0 Å². The maximum absolute atomic E-state index is 11.5. The molecule has 0 aliphatic carbocycles. The summed E-state index contributed by atoms with van der Waals surface area (Å²) in [5.74, 6) is 0.245. The van der Waals surface area contributed by atoms with Crippen LogP contribution >= 0.6 is 21.6 Å². The maximum atomic E-state index is 11.5. The van der Waals surface area contributed by atoms with E-state index < -0.39 is 0 Å². The molecule has 0 atom stereocenters. The third-order valence-corrected chi connectivity index (χ3v) is 6.34. The maximum Gasteiger partial charge on any atom is 0.305 e. The summed E-state index contributed by atoms with van der Waals surface area (Å²) in [6, 6.07) is 0. The molecule has 0 amide bonds. The smallest absolute Gasteiger partial charge is 0.305 e. The molecule has 0 aromatic carbocycles. The molecular formula is C17H32O4S2. The minimum absolute atomic E-state index is 0.227. The molecule has 136 valence electrons. The second-order valence-corrected chi connectivity index (χ2v) is 10.5. The quantitative estimate of drug-likeness (QED) is 0.296. The molecule has 0 spiro atoms. The number of hydrogen-bond donors (Lipinski definition) is 0. The van der Waals surface area contributed by atoms with Crippen LogP contribution in [0.25, 0.3) is 0 Å². The van der Waals surface area contributed by atoms with Crippen LogP contribution in [-0.4, -0.2) is 35.7 Å². The highest BCUT2D eigenvalue weighted by atomic mass is 33.1. The lowest BCUT2D eigenvalue weighted by atomic mass is 9.87. The Hall–Kier alpha value is -0.360. The first-order valence-electron chi connectivity index (χ1n) is 8.11. The molecule has 0 aromatic heterocycles. The first-order valence-corrected chi connectivity index (χ1v) is 10.4. The zero-order chi connectivity index (χ0) is 17.9. The van der Waals surface area contributed by atoms with Gasteiger partial charge in [0.25, 0.3) is 0 Å². The Kier molecular flexibility index (Phi) is 11.1. The summed E-state index contributed by atoms with van der Waals surface area (Å²) in [7, 11) is 3.62. The lowest BCUT2D eigenvalue weighted by molar-refractivity contribution is -0.146. The fourth-order valence-electron chi connectivity index (χ4n) is 1.61. The number of carbonyl (C=O) groups excluding carboxylic acids is 2. The van der Waals surface area contributed by atoms with Gasteiger partial charge in [-0.1, -0.05) is 42.4 Å². The summed E-state index contributed by atoms with van der Waals surface area (Å²) < 4.78 is 10.2. The fraction of sp³-hybridized carbons (Fsp3) is 0.882.